The maximum atomic E-state index is 12.6. The summed E-state index contributed by atoms with van der Waals surface area (Å²) < 4.78 is 1.72. The highest BCUT2D eigenvalue weighted by atomic mass is 32.2. The van der Waals surface area contributed by atoms with Crippen LogP contribution in [-0.4, -0.2) is 15.8 Å². The normalized spacial score (nSPS) is 10.7. The Kier molecular flexibility index (Phi) is 4.63. The number of aryl methyl sites for hydroxylation is 1. The van der Waals surface area contributed by atoms with E-state index in [1.54, 1.807) is 10.6 Å². The number of rotatable bonds is 4. The molecule has 0 spiro atoms. The van der Waals surface area contributed by atoms with Crippen LogP contribution in [0.3, 0.4) is 0 Å². The molecule has 1 heterocycles. The van der Waals surface area contributed by atoms with Gasteiger partial charge >= 0.3 is 0 Å². The Morgan fingerprint density at radius 1 is 1.04 bits per heavy atom. The van der Waals surface area contributed by atoms with Crippen molar-refractivity contribution in [3.8, 4) is 11.3 Å². The van der Waals surface area contributed by atoms with E-state index in [0.29, 0.717) is 6.54 Å². The molecule has 3 nitrogen and oxygen atoms in total. The molecule has 1 aromatic heterocycles. The monoisotopic (exact) mass is 322 g/mol. The summed E-state index contributed by atoms with van der Waals surface area (Å²) in [6, 6.07) is 19.6. The Bertz CT molecular complexity index is 855. The van der Waals surface area contributed by atoms with Gasteiger partial charge in [-0.25, -0.2) is 4.98 Å². The van der Waals surface area contributed by atoms with E-state index in [4.69, 9.17) is 0 Å². The van der Waals surface area contributed by atoms with Crippen molar-refractivity contribution in [1.29, 1.82) is 0 Å². The summed E-state index contributed by atoms with van der Waals surface area (Å²) >= 11 is 1.49. The molecule has 0 aliphatic heterocycles. The van der Waals surface area contributed by atoms with Crippen molar-refractivity contribution in [2.75, 3.05) is 6.26 Å². The molecule has 0 radical (unpaired) electrons. The number of benzene rings is 2. The zero-order valence-corrected chi connectivity index (χ0v) is 14.0. The van der Waals surface area contributed by atoms with Gasteiger partial charge in [0, 0.05) is 11.6 Å². The second kappa shape index (κ2) is 6.84. The Balaban J connectivity index is 2.01. The number of thioether (sulfide) groups is 1. The molecule has 0 aliphatic rings. The third-order valence-corrected chi connectivity index (χ3v) is 4.36. The average Bonchev–Trinajstić information content (AvgIpc) is 2.59. The molecule has 0 aliphatic carbocycles. The molecule has 116 valence electrons. The highest BCUT2D eigenvalue weighted by molar-refractivity contribution is 7.98. The average molecular weight is 322 g/mol. The molecule has 0 N–H and O–H groups in total. The quantitative estimate of drug-likeness (QED) is 0.538. The van der Waals surface area contributed by atoms with Crippen LogP contribution in [0.2, 0.25) is 0 Å². The molecule has 0 saturated carbocycles. The zero-order valence-electron chi connectivity index (χ0n) is 13.2. The van der Waals surface area contributed by atoms with E-state index in [1.807, 2.05) is 36.6 Å². The van der Waals surface area contributed by atoms with E-state index < -0.39 is 0 Å². The highest BCUT2D eigenvalue weighted by Crippen LogP contribution is 2.19. The van der Waals surface area contributed by atoms with E-state index in [0.717, 1.165) is 22.0 Å². The van der Waals surface area contributed by atoms with Gasteiger partial charge < -0.3 is 0 Å². The lowest BCUT2D eigenvalue weighted by molar-refractivity contribution is 0.648. The molecule has 0 saturated heterocycles. The molecule has 0 atom stereocenters. The minimum absolute atomic E-state index is 0.0243. The van der Waals surface area contributed by atoms with Crippen molar-refractivity contribution in [2.24, 2.45) is 0 Å². The van der Waals surface area contributed by atoms with Crippen LogP contribution in [0.25, 0.3) is 11.3 Å². The van der Waals surface area contributed by atoms with Gasteiger partial charge in [0.05, 0.1) is 12.2 Å². The molecule has 23 heavy (non-hydrogen) atoms. The first-order valence-electron chi connectivity index (χ1n) is 7.44. The second-order valence-corrected chi connectivity index (χ2v) is 6.18. The fourth-order valence-electron chi connectivity index (χ4n) is 2.42. The van der Waals surface area contributed by atoms with Crippen molar-refractivity contribution >= 4 is 11.8 Å². The van der Waals surface area contributed by atoms with Crippen LogP contribution < -0.4 is 5.56 Å². The molecule has 0 amide bonds. The van der Waals surface area contributed by atoms with Gasteiger partial charge in [-0.2, -0.15) is 0 Å². The van der Waals surface area contributed by atoms with Crippen molar-refractivity contribution in [3.63, 3.8) is 0 Å². The van der Waals surface area contributed by atoms with Gasteiger partial charge in [-0.05, 0) is 18.7 Å². The Morgan fingerprint density at radius 2 is 1.74 bits per heavy atom. The van der Waals surface area contributed by atoms with E-state index in [-0.39, 0.29) is 5.56 Å². The molecule has 0 bridgehead atoms. The van der Waals surface area contributed by atoms with Crippen molar-refractivity contribution in [3.05, 3.63) is 82.1 Å². The Labute approximate surface area is 140 Å². The summed E-state index contributed by atoms with van der Waals surface area (Å²) in [5, 5.41) is 0.733. The minimum atomic E-state index is -0.0243. The number of hydrogen-bond donors (Lipinski definition) is 0. The van der Waals surface area contributed by atoms with E-state index in [1.165, 1.54) is 17.3 Å². The molecule has 4 heteroatoms. The summed E-state index contributed by atoms with van der Waals surface area (Å²) in [5.74, 6) is 0. The van der Waals surface area contributed by atoms with Crippen LogP contribution in [0.5, 0.6) is 0 Å². The standard InChI is InChI=1S/C19H18N2OS/c1-14-8-10-15(11-9-14)13-21-18(22)12-17(20-19(21)23-2)16-6-4-3-5-7-16/h3-12H,13H2,1-2H3. The van der Waals surface area contributed by atoms with E-state index in [9.17, 15) is 4.79 Å². The second-order valence-electron chi connectivity index (χ2n) is 5.40. The lowest BCUT2D eigenvalue weighted by Crippen LogP contribution is -2.23. The van der Waals surface area contributed by atoms with Crippen molar-refractivity contribution < 1.29 is 0 Å². The fraction of sp³-hybridized carbons (Fsp3) is 0.158. The van der Waals surface area contributed by atoms with Crippen molar-refractivity contribution in [1.82, 2.24) is 9.55 Å². The van der Waals surface area contributed by atoms with Crippen LogP contribution in [0.15, 0.2) is 70.6 Å². The lowest BCUT2D eigenvalue weighted by atomic mass is 10.1. The van der Waals surface area contributed by atoms with Gasteiger partial charge in [0.25, 0.3) is 5.56 Å². The zero-order chi connectivity index (χ0) is 16.2. The molecule has 3 rings (SSSR count). The van der Waals surface area contributed by atoms with Gasteiger partial charge in [-0.15, -0.1) is 0 Å². The molecule has 0 unspecified atom stereocenters. The minimum Gasteiger partial charge on any atom is -0.283 e. The molecular weight excluding hydrogens is 304 g/mol. The van der Waals surface area contributed by atoms with Gasteiger partial charge in [-0.1, -0.05) is 71.9 Å². The maximum absolute atomic E-state index is 12.6. The van der Waals surface area contributed by atoms with Gasteiger partial charge in [0.15, 0.2) is 5.16 Å². The van der Waals surface area contributed by atoms with Gasteiger partial charge in [0.1, 0.15) is 0 Å². The number of nitrogens with zero attached hydrogens (tertiary/aromatic N) is 2. The molecule has 2 aromatic carbocycles. The summed E-state index contributed by atoms with van der Waals surface area (Å²) in [6.07, 6.45) is 1.95. The SMILES string of the molecule is CSc1nc(-c2ccccc2)cc(=O)n1Cc1ccc(C)cc1. The van der Waals surface area contributed by atoms with Crippen LogP contribution in [0, 0.1) is 6.92 Å². The Hall–Kier alpha value is -2.33. The van der Waals surface area contributed by atoms with Crippen LogP contribution in [0.4, 0.5) is 0 Å². The largest absolute Gasteiger partial charge is 0.283 e. The topological polar surface area (TPSA) is 34.9 Å². The molecular formula is C19H18N2OS. The third kappa shape index (κ3) is 3.54. The summed E-state index contributed by atoms with van der Waals surface area (Å²) in [4.78, 5) is 17.2. The predicted octanol–water partition coefficient (Wildman–Crippen LogP) is 3.99. The maximum Gasteiger partial charge on any atom is 0.255 e. The first-order chi connectivity index (χ1) is 11.2. The molecule has 3 aromatic rings. The van der Waals surface area contributed by atoms with E-state index >= 15 is 0 Å². The third-order valence-electron chi connectivity index (χ3n) is 3.69. The highest BCUT2D eigenvalue weighted by Gasteiger charge is 2.10. The van der Waals surface area contributed by atoms with E-state index in [2.05, 4.69) is 36.2 Å². The summed E-state index contributed by atoms with van der Waals surface area (Å²) in [6.45, 7) is 2.59. The van der Waals surface area contributed by atoms with Gasteiger partial charge in [0.2, 0.25) is 0 Å². The Morgan fingerprint density at radius 3 is 2.39 bits per heavy atom. The van der Waals surface area contributed by atoms with Gasteiger partial charge in [-0.3, -0.25) is 9.36 Å². The van der Waals surface area contributed by atoms with Crippen LogP contribution in [-0.2, 0) is 6.54 Å². The number of aromatic nitrogens is 2. The van der Waals surface area contributed by atoms with Crippen LogP contribution in [0.1, 0.15) is 11.1 Å². The van der Waals surface area contributed by atoms with Crippen molar-refractivity contribution in [2.45, 2.75) is 18.6 Å². The smallest absolute Gasteiger partial charge is 0.255 e. The molecule has 0 fully saturated rings. The predicted molar refractivity (Wildman–Crippen MR) is 96.0 cm³/mol. The van der Waals surface area contributed by atoms with Crippen LogP contribution >= 0.6 is 11.8 Å². The fourth-order valence-corrected chi connectivity index (χ4v) is 2.98. The first kappa shape index (κ1) is 15.6. The summed E-state index contributed by atoms with van der Waals surface area (Å²) in [7, 11) is 0. The first-order valence-corrected chi connectivity index (χ1v) is 8.66. The number of hydrogen-bond acceptors (Lipinski definition) is 3. The lowest BCUT2D eigenvalue weighted by Gasteiger charge is -2.12. The summed E-state index contributed by atoms with van der Waals surface area (Å²) in [5.41, 5.74) is 3.97.